The highest BCUT2D eigenvalue weighted by Gasteiger charge is 2.45. The minimum atomic E-state index is -2.50. The van der Waals surface area contributed by atoms with Gasteiger partial charge in [0.15, 0.2) is 11.2 Å². The normalized spacial score (nSPS) is 11.9. The Bertz CT molecular complexity index is 1340. The fraction of sp³-hybridized carbons (Fsp3) is 0.0526. The monoisotopic (exact) mass is 566 g/mol. The zero-order valence-electron chi connectivity index (χ0n) is 23.0. The molecule has 0 atom stereocenters. The van der Waals surface area contributed by atoms with Gasteiger partial charge in [-0.3, -0.25) is 9.05 Å². The van der Waals surface area contributed by atoms with Crippen LogP contribution in [0.2, 0.25) is 0 Å². The Morgan fingerprint density at radius 3 is 0.643 bits per heavy atom. The van der Waals surface area contributed by atoms with E-state index < -0.39 is 19.8 Å². The highest BCUT2D eigenvalue weighted by Crippen LogP contribution is 2.56. The topological polar surface area (TPSA) is 38.7 Å². The molecule has 0 aliphatic rings. The van der Waals surface area contributed by atoms with Crippen LogP contribution in [-0.4, -0.2) is 4.89 Å². The average molecular weight is 567 g/mol. The molecule has 0 unspecified atom stereocenters. The zero-order chi connectivity index (χ0) is 28.7. The SMILES string of the molecule is OP(OC(c1ccccc1)(c1ccccc1)c1ccccc1)OC(c1ccccc1)(c1ccccc1)c1ccccc1. The minimum Gasteiger partial charge on any atom is -0.328 e. The summed E-state index contributed by atoms with van der Waals surface area (Å²) in [4.78, 5) is 12.1. The Morgan fingerprint density at radius 2 is 0.476 bits per heavy atom. The summed E-state index contributed by atoms with van der Waals surface area (Å²) in [6.07, 6.45) is 0. The lowest BCUT2D eigenvalue weighted by Gasteiger charge is -2.40. The summed E-state index contributed by atoms with van der Waals surface area (Å²) in [6.45, 7) is 0. The Morgan fingerprint density at radius 1 is 0.310 bits per heavy atom. The summed E-state index contributed by atoms with van der Waals surface area (Å²) in [5, 5.41) is 0. The van der Waals surface area contributed by atoms with Crippen molar-refractivity contribution in [1.82, 2.24) is 0 Å². The van der Waals surface area contributed by atoms with Crippen LogP contribution in [0.5, 0.6) is 0 Å². The Labute approximate surface area is 248 Å². The molecule has 0 fully saturated rings. The van der Waals surface area contributed by atoms with E-state index in [1.54, 1.807) is 0 Å². The van der Waals surface area contributed by atoms with Gasteiger partial charge >= 0.3 is 8.60 Å². The van der Waals surface area contributed by atoms with Crippen molar-refractivity contribution >= 4 is 8.60 Å². The van der Waals surface area contributed by atoms with Crippen molar-refractivity contribution < 1.29 is 13.9 Å². The predicted molar refractivity (Wildman–Crippen MR) is 170 cm³/mol. The van der Waals surface area contributed by atoms with E-state index in [2.05, 4.69) is 0 Å². The molecule has 0 saturated carbocycles. The first-order chi connectivity index (χ1) is 20.7. The third-order valence-electron chi connectivity index (χ3n) is 7.51. The molecule has 42 heavy (non-hydrogen) atoms. The van der Waals surface area contributed by atoms with E-state index in [1.807, 2.05) is 182 Å². The molecule has 0 radical (unpaired) electrons. The summed E-state index contributed by atoms with van der Waals surface area (Å²) < 4.78 is 13.8. The molecule has 0 aliphatic carbocycles. The summed E-state index contributed by atoms with van der Waals surface area (Å²) >= 11 is 0. The first kappa shape index (κ1) is 27.8. The fourth-order valence-electron chi connectivity index (χ4n) is 5.61. The van der Waals surface area contributed by atoms with Gasteiger partial charge in [0.2, 0.25) is 0 Å². The van der Waals surface area contributed by atoms with Crippen LogP contribution in [-0.2, 0) is 20.2 Å². The van der Waals surface area contributed by atoms with Gasteiger partial charge in [-0.05, 0) is 33.4 Å². The lowest BCUT2D eigenvalue weighted by molar-refractivity contribution is 0.0654. The molecule has 0 amide bonds. The van der Waals surface area contributed by atoms with E-state index in [4.69, 9.17) is 9.05 Å². The number of hydrogen-bond donors (Lipinski definition) is 1. The van der Waals surface area contributed by atoms with Crippen LogP contribution < -0.4 is 0 Å². The van der Waals surface area contributed by atoms with Gasteiger partial charge in [0, 0.05) is 0 Å². The van der Waals surface area contributed by atoms with Crippen LogP contribution >= 0.6 is 8.60 Å². The molecule has 206 valence electrons. The maximum Gasteiger partial charge on any atom is 0.333 e. The Hall–Kier alpha value is -4.37. The molecule has 6 rings (SSSR count). The zero-order valence-corrected chi connectivity index (χ0v) is 23.9. The van der Waals surface area contributed by atoms with Gasteiger partial charge in [-0.25, -0.2) is 0 Å². The van der Waals surface area contributed by atoms with E-state index in [-0.39, 0.29) is 0 Å². The second kappa shape index (κ2) is 12.7. The van der Waals surface area contributed by atoms with Crippen LogP contribution in [0.1, 0.15) is 33.4 Å². The highest BCUT2D eigenvalue weighted by molar-refractivity contribution is 7.40. The molecule has 0 saturated heterocycles. The maximum absolute atomic E-state index is 12.1. The van der Waals surface area contributed by atoms with E-state index in [1.165, 1.54) is 0 Å². The second-order valence-corrected chi connectivity index (χ2v) is 10.8. The molecule has 0 heterocycles. The van der Waals surface area contributed by atoms with Crippen molar-refractivity contribution in [2.24, 2.45) is 0 Å². The summed E-state index contributed by atoms with van der Waals surface area (Å²) in [5.41, 5.74) is 3.04. The molecule has 6 aromatic rings. The highest BCUT2D eigenvalue weighted by atomic mass is 31.2. The standard InChI is InChI=1S/C38H31O3P/c39-42(40-37(31-19-7-1-8-20-31,32-21-9-2-10-22-32)33-23-11-3-12-24-33)41-38(34-25-13-4-14-26-34,35-27-15-5-16-28-35)36-29-17-6-18-30-36/h1-30,39H. The summed E-state index contributed by atoms with van der Waals surface area (Å²) in [7, 11) is -2.50. The number of benzene rings is 6. The Kier molecular flexibility index (Phi) is 8.37. The summed E-state index contributed by atoms with van der Waals surface area (Å²) in [5.74, 6) is 0. The smallest absolute Gasteiger partial charge is 0.328 e. The third kappa shape index (κ3) is 5.32. The van der Waals surface area contributed by atoms with Crippen molar-refractivity contribution in [2.75, 3.05) is 0 Å². The van der Waals surface area contributed by atoms with Crippen LogP contribution in [0.3, 0.4) is 0 Å². The first-order valence-corrected chi connectivity index (χ1v) is 15.1. The molecule has 4 heteroatoms. The number of rotatable bonds is 10. The molecular formula is C38H31O3P. The van der Waals surface area contributed by atoms with Gasteiger partial charge in [0.1, 0.15) is 0 Å². The predicted octanol–water partition coefficient (Wildman–Crippen LogP) is 9.22. The average Bonchev–Trinajstić information content (AvgIpc) is 3.08. The quantitative estimate of drug-likeness (QED) is 0.133. The molecule has 6 aromatic carbocycles. The minimum absolute atomic E-state index is 0.886. The third-order valence-corrected chi connectivity index (χ3v) is 8.37. The van der Waals surface area contributed by atoms with Gasteiger partial charge in [0.05, 0.1) is 0 Å². The Balaban J connectivity index is 1.54. The fourth-order valence-corrected chi connectivity index (χ4v) is 6.74. The van der Waals surface area contributed by atoms with Crippen LogP contribution in [0.25, 0.3) is 0 Å². The molecule has 3 nitrogen and oxygen atoms in total. The van der Waals surface area contributed by atoms with Gasteiger partial charge in [-0.1, -0.05) is 182 Å². The van der Waals surface area contributed by atoms with E-state index in [0.717, 1.165) is 33.4 Å². The largest absolute Gasteiger partial charge is 0.333 e. The molecule has 0 aliphatic heterocycles. The molecule has 0 aromatic heterocycles. The molecular weight excluding hydrogens is 535 g/mol. The van der Waals surface area contributed by atoms with Gasteiger partial charge in [-0.15, -0.1) is 0 Å². The number of hydrogen-bond acceptors (Lipinski definition) is 3. The lowest BCUT2D eigenvalue weighted by Crippen LogP contribution is -2.35. The van der Waals surface area contributed by atoms with E-state index >= 15 is 0 Å². The summed E-state index contributed by atoms with van der Waals surface area (Å²) in [6, 6.07) is 60.1. The van der Waals surface area contributed by atoms with E-state index in [9.17, 15) is 4.89 Å². The second-order valence-electron chi connectivity index (χ2n) is 9.98. The van der Waals surface area contributed by atoms with Crippen LogP contribution in [0.4, 0.5) is 0 Å². The van der Waals surface area contributed by atoms with Crippen LogP contribution in [0, 0.1) is 0 Å². The molecule has 1 N–H and O–H groups in total. The lowest BCUT2D eigenvalue weighted by atomic mass is 9.80. The van der Waals surface area contributed by atoms with Gasteiger partial charge in [-0.2, -0.15) is 0 Å². The van der Waals surface area contributed by atoms with E-state index in [0.29, 0.717) is 0 Å². The maximum atomic E-state index is 12.1. The van der Waals surface area contributed by atoms with Crippen molar-refractivity contribution in [3.63, 3.8) is 0 Å². The molecule has 0 bridgehead atoms. The van der Waals surface area contributed by atoms with Crippen molar-refractivity contribution in [3.8, 4) is 0 Å². The van der Waals surface area contributed by atoms with Crippen molar-refractivity contribution in [3.05, 3.63) is 215 Å². The van der Waals surface area contributed by atoms with Crippen LogP contribution in [0.15, 0.2) is 182 Å². The van der Waals surface area contributed by atoms with Gasteiger partial charge in [0.25, 0.3) is 0 Å². The first-order valence-electron chi connectivity index (χ1n) is 13.9. The van der Waals surface area contributed by atoms with Crippen molar-refractivity contribution in [2.45, 2.75) is 11.2 Å². The van der Waals surface area contributed by atoms with Crippen molar-refractivity contribution in [1.29, 1.82) is 0 Å². The molecule has 0 spiro atoms. The van der Waals surface area contributed by atoms with Gasteiger partial charge < -0.3 is 4.89 Å².